The van der Waals surface area contributed by atoms with Crippen LogP contribution in [0.25, 0.3) is 0 Å². The molecular weight excluding hydrogens is 274 g/mol. The van der Waals surface area contributed by atoms with E-state index in [4.69, 9.17) is 5.11 Å². The molecule has 1 atom stereocenters. The van der Waals surface area contributed by atoms with Crippen LogP contribution in [0.15, 0.2) is 24.3 Å². The quantitative estimate of drug-likeness (QED) is 0.873. The van der Waals surface area contributed by atoms with Gasteiger partial charge in [0.15, 0.2) is 0 Å². The highest BCUT2D eigenvalue weighted by Crippen LogP contribution is 2.37. The van der Waals surface area contributed by atoms with Gasteiger partial charge in [-0.3, -0.25) is 9.59 Å². The molecule has 0 saturated carbocycles. The van der Waals surface area contributed by atoms with Crippen LogP contribution in [-0.4, -0.2) is 27.5 Å². The van der Waals surface area contributed by atoms with Crippen molar-refractivity contribution in [3.8, 4) is 0 Å². The van der Waals surface area contributed by atoms with Crippen molar-refractivity contribution in [3.05, 3.63) is 35.4 Å². The first-order valence-corrected chi connectivity index (χ1v) is 7.71. The fraction of sp³-hybridized carbons (Fsp3) is 0.467. The Morgan fingerprint density at radius 1 is 1.35 bits per heavy atom. The minimum absolute atomic E-state index is 0.0158. The number of aliphatic carboxylic acids is 1. The Morgan fingerprint density at radius 2 is 2.05 bits per heavy atom. The van der Waals surface area contributed by atoms with Gasteiger partial charge in [0.25, 0.3) is 0 Å². The molecule has 2 N–H and O–H groups in total. The predicted molar refractivity (Wildman–Crippen MR) is 79.7 cm³/mol. The normalized spacial score (nSPS) is 21.6. The molecule has 1 heterocycles. The standard InChI is InChI=1S/C15H19NO3S/c1-15(7-4-8-20-15)14(19)16-10-12-6-3-2-5-11(12)9-13(17)18/h2-3,5-6H,4,7-10H2,1H3,(H,16,19)(H,17,18). The van der Waals surface area contributed by atoms with E-state index in [1.54, 1.807) is 17.8 Å². The number of nitrogens with one attached hydrogen (secondary N) is 1. The van der Waals surface area contributed by atoms with Crippen LogP contribution < -0.4 is 5.32 Å². The van der Waals surface area contributed by atoms with Crippen molar-refractivity contribution in [1.82, 2.24) is 5.32 Å². The van der Waals surface area contributed by atoms with E-state index in [0.29, 0.717) is 6.54 Å². The monoisotopic (exact) mass is 293 g/mol. The number of carboxylic acids is 1. The molecule has 1 aliphatic heterocycles. The molecule has 1 amide bonds. The average molecular weight is 293 g/mol. The van der Waals surface area contributed by atoms with Gasteiger partial charge in [0.1, 0.15) is 0 Å². The van der Waals surface area contributed by atoms with Gasteiger partial charge in [-0.05, 0) is 36.6 Å². The van der Waals surface area contributed by atoms with E-state index in [2.05, 4.69) is 5.32 Å². The zero-order valence-electron chi connectivity index (χ0n) is 11.5. The third-order valence-electron chi connectivity index (χ3n) is 3.60. The Labute approximate surface area is 123 Å². The fourth-order valence-electron chi connectivity index (χ4n) is 2.39. The minimum atomic E-state index is -0.859. The molecule has 1 aliphatic rings. The molecule has 1 saturated heterocycles. The van der Waals surface area contributed by atoms with Crippen LogP contribution in [0, 0.1) is 0 Å². The van der Waals surface area contributed by atoms with Crippen molar-refractivity contribution < 1.29 is 14.7 Å². The number of carbonyl (C=O) groups excluding carboxylic acids is 1. The molecular formula is C15H19NO3S. The third kappa shape index (κ3) is 3.54. The van der Waals surface area contributed by atoms with Gasteiger partial charge in [-0.25, -0.2) is 0 Å². The maximum Gasteiger partial charge on any atom is 0.307 e. The summed E-state index contributed by atoms with van der Waals surface area (Å²) >= 11 is 1.70. The summed E-state index contributed by atoms with van der Waals surface area (Å²) in [6.07, 6.45) is 1.96. The summed E-state index contributed by atoms with van der Waals surface area (Å²) in [6, 6.07) is 7.33. The lowest BCUT2D eigenvalue weighted by molar-refractivity contribution is -0.136. The number of carboxylic acid groups (broad SMARTS) is 1. The van der Waals surface area contributed by atoms with Gasteiger partial charge in [0.05, 0.1) is 11.2 Å². The SMILES string of the molecule is CC1(C(=O)NCc2ccccc2CC(=O)O)CCCS1. The number of carbonyl (C=O) groups is 2. The van der Waals surface area contributed by atoms with Crippen LogP contribution in [0.5, 0.6) is 0 Å². The van der Waals surface area contributed by atoms with Crippen LogP contribution in [0.1, 0.15) is 30.9 Å². The Hall–Kier alpha value is -1.49. The summed E-state index contributed by atoms with van der Waals surface area (Å²) in [7, 11) is 0. The zero-order valence-corrected chi connectivity index (χ0v) is 12.3. The van der Waals surface area contributed by atoms with Crippen LogP contribution in [-0.2, 0) is 22.6 Å². The second kappa shape index (κ2) is 6.31. The number of hydrogen-bond acceptors (Lipinski definition) is 3. The average Bonchev–Trinajstić information content (AvgIpc) is 2.85. The van der Waals surface area contributed by atoms with Crippen LogP contribution in [0.4, 0.5) is 0 Å². The van der Waals surface area contributed by atoms with Gasteiger partial charge in [-0.1, -0.05) is 24.3 Å². The largest absolute Gasteiger partial charge is 0.481 e. The second-order valence-corrected chi connectivity index (χ2v) is 6.80. The summed E-state index contributed by atoms with van der Waals surface area (Å²) in [6.45, 7) is 2.36. The number of amides is 1. The van der Waals surface area contributed by atoms with Gasteiger partial charge in [0.2, 0.25) is 5.91 Å². The summed E-state index contributed by atoms with van der Waals surface area (Å²) in [5.41, 5.74) is 1.62. The Kier molecular flexibility index (Phi) is 4.70. The van der Waals surface area contributed by atoms with E-state index in [1.807, 2.05) is 25.1 Å². The molecule has 20 heavy (non-hydrogen) atoms. The van der Waals surface area contributed by atoms with E-state index in [-0.39, 0.29) is 17.1 Å². The number of rotatable bonds is 5. The van der Waals surface area contributed by atoms with Crippen molar-refractivity contribution in [2.24, 2.45) is 0 Å². The molecule has 1 aromatic rings. The molecule has 4 nitrogen and oxygen atoms in total. The zero-order chi connectivity index (χ0) is 14.6. The van der Waals surface area contributed by atoms with E-state index in [9.17, 15) is 9.59 Å². The van der Waals surface area contributed by atoms with E-state index in [1.165, 1.54) is 0 Å². The number of hydrogen-bond donors (Lipinski definition) is 2. The highest BCUT2D eigenvalue weighted by atomic mass is 32.2. The molecule has 5 heteroatoms. The lowest BCUT2D eigenvalue weighted by Gasteiger charge is -2.21. The van der Waals surface area contributed by atoms with Gasteiger partial charge in [-0.2, -0.15) is 0 Å². The summed E-state index contributed by atoms with van der Waals surface area (Å²) in [5, 5.41) is 11.8. The van der Waals surface area contributed by atoms with Gasteiger partial charge >= 0.3 is 5.97 Å². The fourth-order valence-corrected chi connectivity index (χ4v) is 3.62. The van der Waals surface area contributed by atoms with Gasteiger partial charge < -0.3 is 10.4 Å². The molecule has 1 fully saturated rings. The third-order valence-corrected chi connectivity index (χ3v) is 5.12. The maximum atomic E-state index is 12.2. The molecule has 1 aromatic carbocycles. The van der Waals surface area contributed by atoms with Gasteiger partial charge in [-0.15, -0.1) is 11.8 Å². The summed E-state index contributed by atoms with van der Waals surface area (Å²) < 4.78 is -0.332. The van der Waals surface area contributed by atoms with E-state index < -0.39 is 5.97 Å². The van der Waals surface area contributed by atoms with Crippen LogP contribution in [0.3, 0.4) is 0 Å². The maximum absolute atomic E-state index is 12.2. The second-order valence-electron chi connectivity index (χ2n) is 5.20. The Balaban J connectivity index is 2.00. The summed E-state index contributed by atoms with van der Waals surface area (Å²) in [4.78, 5) is 23.1. The van der Waals surface area contributed by atoms with E-state index >= 15 is 0 Å². The molecule has 0 bridgehead atoms. The molecule has 2 rings (SSSR count). The van der Waals surface area contributed by atoms with Crippen molar-refractivity contribution in [1.29, 1.82) is 0 Å². The first kappa shape index (κ1) is 14.9. The smallest absolute Gasteiger partial charge is 0.307 e. The van der Waals surface area contributed by atoms with Crippen molar-refractivity contribution in [2.75, 3.05) is 5.75 Å². The molecule has 0 aliphatic carbocycles. The van der Waals surface area contributed by atoms with Crippen molar-refractivity contribution >= 4 is 23.6 Å². The minimum Gasteiger partial charge on any atom is -0.481 e. The number of thioether (sulfide) groups is 1. The van der Waals surface area contributed by atoms with Crippen molar-refractivity contribution in [3.63, 3.8) is 0 Å². The molecule has 1 unspecified atom stereocenters. The molecule has 0 spiro atoms. The van der Waals surface area contributed by atoms with E-state index in [0.717, 1.165) is 29.7 Å². The van der Waals surface area contributed by atoms with Crippen LogP contribution >= 0.6 is 11.8 Å². The Bertz CT molecular complexity index is 510. The van der Waals surface area contributed by atoms with Crippen LogP contribution in [0.2, 0.25) is 0 Å². The summed E-state index contributed by atoms with van der Waals surface area (Å²) in [5.74, 6) is 0.215. The highest BCUT2D eigenvalue weighted by molar-refractivity contribution is 8.01. The highest BCUT2D eigenvalue weighted by Gasteiger charge is 2.36. The first-order chi connectivity index (χ1) is 9.51. The number of benzene rings is 1. The van der Waals surface area contributed by atoms with Crippen molar-refractivity contribution in [2.45, 2.75) is 37.5 Å². The topological polar surface area (TPSA) is 66.4 Å². The van der Waals surface area contributed by atoms with Gasteiger partial charge in [0, 0.05) is 6.54 Å². The molecule has 0 aromatic heterocycles. The lowest BCUT2D eigenvalue weighted by atomic mass is 10.0. The molecule has 0 radical (unpaired) electrons. The molecule has 108 valence electrons. The first-order valence-electron chi connectivity index (χ1n) is 6.72. The predicted octanol–water partition coefficient (Wildman–Crippen LogP) is 2.22. The Morgan fingerprint density at radius 3 is 2.65 bits per heavy atom. The lowest BCUT2D eigenvalue weighted by Crippen LogP contribution is -2.40.